The van der Waals surface area contributed by atoms with Gasteiger partial charge in [-0.15, -0.1) is 0 Å². The van der Waals surface area contributed by atoms with Gasteiger partial charge in [-0.3, -0.25) is 0 Å². The average Bonchev–Trinajstić information content (AvgIpc) is 2.67. The molecule has 0 aromatic heterocycles. The van der Waals surface area contributed by atoms with Crippen molar-refractivity contribution in [3.63, 3.8) is 0 Å². The van der Waals surface area contributed by atoms with Crippen LogP contribution in [0, 0.1) is 17.5 Å². The van der Waals surface area contributed by atoms with E-state index in [-0.39, 0.29) is 35.8 Å². The second-order valence-electron chi connectivity index (χ2n) is 6.19. The largest absolute Gasteiger partial charge is 0.491 e. The number of benzene rings is 2. The van der Waals surface area contributed by atoms with E-state index in [1.807, 2.05) is 12.2 Å². The first-order valence-corrected chi connectivity index (χ1v) is 8.49. The number of ether oxygens (including phenoxy) is 3. The van der Waals surface area contributed by atoms with Gasteiger partial charge in [0, 0.05) is 23.1 Å². The van der Waals surface area contributed by atoms with Crippen LogP contribution in [-0.4, -0.2) is 13.2 Å². The second kappa shape index (κ2) is 6.68. The molecule has 2 aromatic carbocycles. The van der Waals surface area contributed by atoms with Crippen molar-refractivity contribution in [1.82, 2.24) is 0 Å². The fourth-order valence-corrected chi connectivity index (χ4v) is 3.31. The summed E-state index contributed by atoms with van der Waals surface area (Å²) >= 11 is 0. The molecule has 2 aromatic rings. The molecule has 0 amide bonds. The number of hydrogen-bond acceptors (Lipinski definition) is 3. The first kappa shape index (κ1) is 17.0. The van der Waals surface area contributed by atoms with E-state index in [4.69, 9.17) is 14.2 Å². The van der Waals surface area contributed by atoms with Crippen molar-refractivity contribution < 1.29 is 27.4 Å². The fourth-order valence-electron chi connectivity index (χ4n) is 3.31. The van der Waals surface area contributed by atoms with Gasteiger partial charge in [0.1, 0.15) is 0 Å². The van der Waals surface area contributed by atoms with Gasteiger partial charge in [0.05, 0.1) is 19.3 Å². The zero-order valence-corrected chi connectivity index (χ0v) is 14.2. The third kappa shape index (κ3) is 2.74. The molecule has 2 aliphatic heterocycles. The minimum Gasteiger partial charge on any atom is -0.491 e. The maximum Gasteiger partial charge on any atom is 0.207 e. The molecule has 136 valence electrons. The Morgan fingerprint density at radius 1 is 1.04 bits per heavy atom. The summed E-state index contributed by atoms with van der Waals surface area (Å²) in [7, 11) is 0. The highest BCUT2D eigenvalue weighted by atomic mass is 19.2. The summed E-state index contributed by atoms with van der Waals surface area (Å²) in [6.07, 6.45) is 3.88. The molecule has 3 nitrogen and oxygen atoms in total. The third-order valence-electron chi connectivity index (χ3n) is 4.55. The summed E-state index contributed by atoms with van der Waals surface area (Å²) in [5, 5.41) is 0. The molecule has 2 heterocycles. The normalized spacial score (nSPS) is 18.1. The maximum atomic E-state index is 14.6. The monoisotopic (exact) mass is 362 g/mol. The maximum absolute atomic E-state index is 14.6. The lowest BCUT2D eigenvalue weighted by Crippen LogP contribution is -2.14. The smallest absolute Gasteiger partial charge is 0.207 e. The van der Waals surface area contributed by atoms with E-state index in [0.717, 1.165) is 0 Å². The molecule has 0 saturated heterocycles. The lowest BCUT2D eigenvalue weighted by molar-refractivity contribution is 0.0643. The van der Waals surface area contributed by atoms with E-state index >= 15 is 0 Å². The second-order valence-corrected chi connectivity index (χ2v) is 6.19. The molecule has 6 heteroatoms. The minimum absolute atomic E-state index is 0.0228. The van der Waals surface area contributed by atoms with E-state index < -0.39 is 23.6 Å². The van der Waals surface area contributed by atoms with Gasteiger partial charge in [-0.25, -0.2) is 4.39 Å². The Morgan fingerprint density at radius 3 is 2.58 bits per heavy atom. The average molecular weight is 362 g/mol. The number of halogens is 3. The van der Waals surface area contributed by atoms with E-state index in [9.17, 15) is 13.2 Å². The molecule has 1 unspecified atom stereocenters. The third-order valence-corrected chi connectivity index (χ3v) is 4.55. The van der Waals surface area contributed by atoms with Crippen molar-refractivity contribution >= 4 is 0 Å². The molecule has 0 fully saturated rings. The van der Waals surface area contributed by atoms with Crippen molar-refractivity contribution in [2.24, 2.45) is 0 Å². The summed E-state index contributed by atoms with van der Waals surface area (Å²) in [6, 6.07) is 4.74. The SMILES string of the molecule is CCOc1ccc2c(c1F)Oc1c(cc(C3CC=CCO3)c(F)c1F)C2. The molecule has 0 radical (unpaired) electrons. The van der Waals surface area contributed by atoms with Crippen LogP contribution in [0.2, 0.25) is 0 Å². The van der Waals surface area contributed by atoms with Crippen molar-refractivity contribution in [3.05, 3.63) is 64.5 Å². The van der Waals surface area contributed by atoms with Crippen molar-refractivity contribution in [2.45, 2.75) is 25.9 Å². The standard InChI is InChI=1S/C20H17F3O3/c1-2-24-15-7-6-11-9-12-10-13(14-5-3-4-8-25-14)16(21)18(23)20(12)26-19(11)17(15)22/h3-4,6-7,10,14H,2,5,8-9H2,1H3. The number of rotatable bonds is 3. The predicted octanol–water partition coefficient (Wildman–Crippen LogP) is 5.22. The number of hydrogen-bond donors (Lipinski definition) is 0. The van der Waals surface area contributed by atoms with Gasteiger partial charge in [0.2, 0.25) is 11.6 Å². The van der Waals surface area contributed by atoms with E-state index in [0.29, 0.717) is 24.2 Å². The van der Waals surface area contributed by atoms with Gasteiger partial charge >= 0.3 is 0 Å². The number of fused-ring (bicyclic) bond motifs is 2. The molecule has 0 N–H and O–H groups in total. The fraction of sp³-hybridized carbons (Fsp3) is 0.300. The Morgan fingerprint density at radius 2 is 1.85 bits per heavy atom. The molecular weight excluding hydrogens is 345 g/mol. The van der Waals surface area contributed by atoms with Crippen LogP contribution in [0.1, 0.15) is 36.1 Å². The Kier molecular flexibility index (Phi) is 4.36. The highest BCUT2D eigenvalue weighted by Gasteiger charge is 2.30. The predicted molar refractivity (Wildman–Crippen MR) is 89.3 cm³/mol. The first-order chi connectivity index (χ1) is 12.6. The van der Waals surface area contributed by atoms with Gasteiger partial charge < -0.3 is 14.2 Å². The molecule has 2 aliphatic rings. The Balaban J connectivity index is 1.76. The molecule has 0 spiro atoms. The van der Waals surface area contributed by atoms with Crippen LogP contribution >= 0.6 is 0 Å². The molecule has 4 rings (SSSR count). The van der Waals surface area contributed by atoms with Gasteiger partial charge in [-0.1, -0.05) is 18.2 Å². The van der Waals surface area contributed by atoms with Crippen LogP contribution < -0.4 is 9.47 Å². The van der Waals surface area contributed by atoms with Crippen LogP contribution in [0.3, 0.4) is 0 Å². The Hall–Kier alpha value is -2.47. The molecule has 0 saturated carbocycles. The minimum atomic E-state index is -1.12. The van der Waals surface area contributed by atoms with Crippen LogP contribution in [0.15, 0.2) is 30.4 Å². The molecule has 0 bridgehead atoms. The summed E-state index contributed by atoms with van der Waals surface area (Å²) < 4.78 is 59.9. The molecule has 26 heavy (non-hydrogen) atoms. The summed E-state index contributed by atoms with van der Waals surface area (Å²) in [6.45, 7) is 2.37. The lowest BCUT2D eigenvalue weighted by atomic mass is 9.94. The van der Waals surface area contributed by atoms with Crippen molar-refractivity contribution in [3.8, 4) is 17.2 Å². The molecular formula is C20H17F3O3. The zero-order chi connectivity index (χ0) is 18.3. The Labute approximate surface area is 149 Å². The Bertz CT molecular complexity index is 893. The topological polar surface area (TPSA) is 27.7 Å². The van der Waals surface area contributed by atoms with E-state index in [1.165, 1.54) is 6.07 Å². The van der Waals surface area contributed by atoms with Gasteiger partial charge in [0.15, 0.2) is 23.1 Å². The molecule has 1 atom stereocenters. The zero-order valence-electron chi connectivity index (χ0n) is 14.2. The van der Waals surface area contributed by atoms with Gasteiger partial charge in [-0.05, 0) is 25.5 Å². The van der Waals surface area contributed by atoms with Crippen molar-refractivity contribution in [1.29, 1.82) is 0 Å². The van der Waals surface area contributed by atoms with E-state index in [1.54, 1.807) is 19.1 Å². The van der Waals surface area contributed by atoms with Crippen LogP contribution in [0.5, 0.6) is 17.2 Å². The van der Waals surface area contributed by atoms with E-state index in [2.05, 4.69) is 0 Å². The van der Waals surface area contributed by atoms with Crippen molar-refractivity contribution in [2.75, 3.05) is 13.2 Å². The van der Waals surface area contributed by atoms with Crippen LogP contribution in [0.4, 0.5) is 13.2 Å². The summed E-state index contributed by atoms with van der Waals surface area (Å²) in [5.74, 6) is -3.23. The van der Waals surface area contributed by atoms with Gasteiger partial charge in [0.25, 0.3) is 0 Å². The van der Waals surface area contributed by atoms with Gasteiger partial charge in [-0.2, -0.15) is 8.78 Å². The van der Waals surface area contributed by atoms with Crippen LogP contribution in [-0.2, 0) is 11.2 Å². The first-order valence-electron chi connectivity index (χ1n) is 8.49. The highest BCUT2D eigenvalue weighted by Crippen LogP contribution is 2.44. The quantitative estimate of drug-likeness (QED) is 0.598. The van der Waals surface area contributed by atoms with Crippen LogP contribution in [0.25, 0.3) is 0 Å². The summed E-state index contributed by atoms with van der Waals surface area (Å²) in [4.78, 5) is 0. The lowest BCUT2D eigenvalue weighted by Gasteiger charge is -2.25. The highest BCUT2D eigenvalue weighted by molar-refractivity contribution is 5.55. The summed E-state index contributed by atoms with van der Waals surface area (Å²) in [5.41, 5.74) is 1.18. The molecule has 0 aliphatic carbocycles.